The molecule has 2 rings (SSSR count). The smallest absolute Gasteiger partial charge is 0.127 e. The second kappa shape index (κ2) is 3.86. The Kier molecular flexibility index (Phi) is 2.70. The van der Waals surface area contributed by atoms with Gasteiger partial charge in [0, 0.05) is 17.5 Å². The molecule has 0 saturated carbocycles. The second-order valence-corrected chi connectivity index (χ2v) is 4.50. The first kappa shape index (κ1) is 10.5. The molecule has 1 aliphatic rings. The molecule has 2 unspecified atom stereocenters. The molecule has 2 atom stereocenters. The summed E-state index contributed by atoms with van der Waals surface area (Å²) >= 11 is 0. The molecule has 1 heterocycles. The third-order valence-corrected chi connectivity index (χ3v) is 3.29. The molecule has 2 heteroatoms. The van der Waals surface area contributed by atoms with Gasteiger partial charge in [0.1, 0.15) is 5.75 Å². The van der Waals surface area contributed by atoms with Crippen LogP contribution in [0, 0.1) is 19.8 Å². The Morgan fingerprint density at radius 3 is 2.60 bits per heavy atom. The first-order chi connectivity index (χ1) is 7.15. The molecule has 1 aromatic rings. The van der Waals surface area contributed by atoms with Crippen LogP contribution in [0.4, 0.5) is 0 Å². The molecule has 0 spiro atoms. The Morgan fingerprint density at radius 1 is 1.27 bits per heavy atom. The molecule has 0 aromatic heterocycles. The van der Waals surface area contributed by atoms with Gasteiger partial charge in [0.2, 0.25) is 0 Å². The Morgan fingerprint density at radius 2 is 1.93 bits per heavy atom. The summed E-state index contributed by atoms with van der Waals surface area (Å²) in [6.45, 7) is 7.31. The van der Waals surface area contributed by atoms with E-state index in [1.165, 1.54) is 16.7 Å². The molecular weight excluding hydrogens is 186 g/mol. The number of benzene rings is 1. The van der Waals surface area contributed by atoms with Crippen LogP contribution < -0.4 is 10.1 Å². The third-order valence-electron chi connectivity index (χ3n) is 3.29. The quantitative estimate of drug-likeness (QED) is 0.761. The maximum atomic E-state index is 5.84. The van der Waals surface area contributed by atoms with Crippen molar-refractivity contribution in [1.82, 2.24) is 5.32 Å². The van der Waals surface area contributed by atoms with Crippen molar-refractivity contribution in [3.63, 3.8) is 0 Å². The van der Waals surface area contributed by atoms with Crippen LogP contribution in [0.25, 0.3) is 0 Å². The van der Waals surface area contributed by atoms with Crippen LogP contribution in [0.3, 0.4) is 0 Å². The summed E-state index contributed by atoms with van der Waals surface area (Å²) in [7, 11) is 2.03. The lowest BCUT2D eigenvalue weighted by atomic mass is 9.88. The van der Waals surface area contributed by atoms with Gasteiger partial charge in [-0.05, 0) is 32.0 Å². The van der Waals surface area contributed by atoms with E-state index < -0.39 is 0 Å². The fourth-order valence-corrected chi connectivity index (χ4v) is 2.41. The maximum absolute atomic E-state index is 5.84. The fourth-order valence-electron chi connectivity index (χ4n) is 2.41. The number of hydrogen-bond donors (Lipinski definition) is 1. The number of ether oxygens (including phenoxy) is 1. The fraction of sp³-hybridized carbons (Fsp3) is 0.538. The van der Waals surface area contributed by atoms with E-state index in [0.717, 1.165) is 12.4 Å². The van der Waals surface area contributed by atoms with Crippen molar-refractivity contribution < 1.29 is 4.74 Å². The van der Waals surface area contributed by atoms with Gasteiger partial charge in [-0.15, -0.1) is 0 Å². The van der Waals surface area contributed by atoms with Gasteiger partial charge in [-0.1, -0.05) is 19.1 Å². The van der Waals surface area contributed by atoms with Crippen LogP contribution in [-0.2, 0) is 0 Å². The van der Waals surface area contributed by atoms with Crippen LogP contribution in [0.2, 0.25) is 0 Å². The Bertz CT molecular complexity index is 373. The average Bonchev–Trinajstić information content (AvgIpc) is 2.23. The van der Waals surface area contributed by atoms with Crippen molar-refractivity contribution in [3.8, 4) is 5.75 Å². The highest BCUT2D eigenvalue weighted by atomic mass is 16.5. The van der Waals surface area contributed by atoms with Gasteiger partial charge in [-0.3, -0.25) is 0 Å². The van der Waals surface area contributed by atoms with Crippen LogP contribution in [0.5, 0.6) is 5.75 Å². The van der Waals surface area contributed by atoms with Crippen molar-refractivity contribution in [2.75, 3.05) is 13.7 Å². The molecule has 1 N–H and O–H groups in total. The van der Waals surface area contributed by atoms with E-state index in [1.54, 1.807) is 0 Å². The molecule has 0 radical (unpaired) electrons. The zero-order valence-electron chi connectivity index (χ0n) is 9.92. The van der Waals surface area contributed by atoms with Crippen molar-refractivity contribution in [2.24, 2.45) is 5.92 Å². The Balaban J connectivity index is 2.56. The molecule has 1 aliphatic heterocycles. The molecule has 0 saturated heterocycles. The highest BCUT2D eigenvalue weighted by Crippen LogP contribution is 2.39. The first-order valence-electron chi connectivity index (χ1n) is 5.55. The largest absolute Gasteiger partial charge is 0.493 e. The van der Waals surface area contributed by atoms with Crippen molar-refractivity contribution in [2.45, 2.75) is 26.8 Å². The molecule has 15 heavy (non-hydrogen) atoms. The number of aryl methyl sites for hydroxylation is 2. The van der Waals surface area contributed by atoms with Gasteiger partial charge >= 0.3 is 0 Å². The molecular formula is C13H19NO. The zero-order valence-corrected chi connectivity index (χ0v) is 9.92. The van der Waals surface area contributed by atoms with E-state index in [-0.39, 0.29) is 0 Å². The lowest BCUT2D eigenvalue weighted by Crippen LogP contribution is -2.32. The highest BCUT2D eigenvalue weighted by Gasteiger charge is 2.28. The summed E-state index contributed by atoms with van der Waals surface area (Å²) in [4.78, 5) is 0. The van der Waals surface area contributed by atoms with E-state index in [4.69, 9.17) is 4.74 Å². The normalized spacial score (nSPS) is 24.5. The third kappa shape index (κ3) is 1.63. The highest BCUT2D eigenvalue weighted by molar-refractivity contribution is 5.48. The van der Waals surface area contributed by atoms with Crippen molar-refractivity contribution in [1.29, 1.82) is 0 Å². The lowest BCUT2D eigenvalue weighted by Gasteiger charge is -2.33. The molecule has 0 bridgehead atoms. The standard InChI is InChI=1S/C13H19NO/c1-8-5-6-9(2)13-11(8)12(14-4)10(3)7-15-13/h5-6,10,12,14H,7H2,1-4H3. The molecule has 0 fully saturated rings. The minimum Gasteiger partial charge on any atom is -0.493 e. The topological polar surface area (TPSA) is 21.3 Å². The van der Waals surface area contributed by atoms with E-state index in [0.29, 0.717) is 12.0 Å². The molecule has 2 nitrogen and oxygen atoms in total. The van der Waals surface area contributed by atoms with E-state index in [9.17, 15) is 0 Å². The SMILES string of the molecule is CNC1c2c(C)ccc(C)c2OCC1C. The van der Waals surface area contributed by atoms with Gasteiger partial charge < -0.3 is 10.1 Å². The van der Waals surface area contributed by atoms with E-state index in [2.05, 4.69) is 38.2 Å². The minimum absolute atomic E-state index is 0.425. The summed E-state index contributed by atoms with van der Waals surface area (Å²) in [5, 5.41) is 3.40. The van der Waals surface area contributed by atoms with Crippen LogP contribution in [0.15, 0.2) is 12.1 Å². The predicted molar refractivity (Wildman–Crippen MR) is 62.4 cm³/mol. The van der Waals surface area contributed by atoms with Crippen LogP contribution in [-0.4, -0.2) is 13.7 Å². The molecule has 1 aromatic carbocycles. The number of fused-ring (bicyclic) bond motifs is 1. The second-order valence-electron chi connectivity index (χ2n) is 4.50. The van der Waals surface area contributed by atoms with Crippen LogP contribution in [0.1, 0.15) is 29.7 Å². The monoisotopic (exact) mass is 205 g/mol. The summed E-state index contributed by atoms with van der Waals surface area (Å²) < 4.78 is 5.84. The molecule has 82 valence electrons. The Labute approximate surface area is 91.6 Å². The Hall–Kier alpha value is -1.02. The van der Waals surface area contributed by atoms with Gasteiger partial charge in [-0.25, -0.2) is 0 Å². The number of rotatable bonds is 1. The van der Waals surface area contributed by atoms with Gasteiger partial charge in [0.25, 0.3) is 0 Å². The minimum atomic E-state index is 0.425. The van der Waals surface area contributed by atoms with Gasteiger partial charge in [0.15, 0.2) is 0 Å². The zero-order chi connectivity index (χ0) is 11.0. The van der Waals surface area contributed by atoms with Gasteiger partial charge in [-0.2, -0.15) is 0 Å². The maximum Gasteiger partial charge on any atom is 0.127 e. The summed E-state index contributed by atoms with van der Waals surface area (Å²) in [5.41, 5.74) is 3.90. The number of hydrogen-bond acceptors (Lipinski definition) is 2. The van der Waals surface area contributed by atoms with Crippen LogP contribution >= 0.6 is 0 Å². The van der Waals surface area contributed by atoms with Crippen molar-refractivity contribution in [3.05, 3.63) is 28.8 Å². The molecule has 0 aliphatic carbocycles. The number of nitrogens with one attached hydrogen (secondary N) is 1. The average molecular weight is 205 g/mol. The molecule has 0 amide bonds. The first-order valence-corrected chi connectivity index (χ1v) is 5.55. The van der Waals surface area contributed by atoms with Crippen molar-refractivity contribution >= 4 is 0 Å². The van der Waals surface area contributed by atoms with E-state index >= 15 is 0 Å². The van der Waals surface area contributed by atoms with E-state index in [1.807, 2.05) is 7.05 Å². The lowest BCUT2D eigenvalue weighted by molar-refractivity contribution is 0.191. The summed E-state index contributed by atoms with van der Waals surface area (Å²) in [5.74, 6) is 1.62. The summed E-state index contributed by atoms with van der Waals surface area (Å²) in [6, 6.07) is 4.74. The predicted octanol–water partition coefficient (Wildman–Crippen LogP) is 2.59. The van der Waals surface area contributed by atoms with Gasteiger partial charge in [0.05, 0.1) is 6.61 Å². The summed E-state index contributed by atoms with van der Waals surface area (Å²) in [6.07, 6.45) is 0.